The lowest BCUT2D eigenvalue weighted by molar-refractivity contribution is -0.136. The zero-order valence-corrected chi connectivity index (χ0v) is 13.1. The Balaban J connectivity index is 2.53. The SMILES string of the molecule is COCOc1ccccc1C1=C(C(=O)OC)CCC1(C)C. The van der Waals surface area contributed by atoms with Crippen molar-refractivity contribution in [3.05, 3.63) is 35.4 Å². The summed E-state index contributed by atoms with van der Waals surface area (Å²) >= 11 is 0. The number of ether oxygens (including phenoxy) is 3. The summed E-state index contributed by atoms with van der Waals surface area (Å²) in [5, 5.41) is 0. The van der Waals surface area contributed by atoms with Crippen LogP contribution >= 0.6 is 0 Å². The zero-order valence-electron chi connectivity index (χ0n) is 13.1. The summed E-state index contributed by atoms with van der Waals surface area (Å²) < 4.78 is 15.6. The Kier molecular flexibility index (Phi) is 4.68. The molecule has 0 aromatic heterocycles. The van der Waals surface area contributed by atoms with Gasteiger partial charge in [-0.1, -0.05) is 32.0 Å². The molecule has 0 fully saturated rings. The van der Waals surface area contributed by atoms with E-state index >= 15 is 0 Å². The highest BCUT2D eigenvalue weighted by Gasteiger charge is 2.37. The lowest BCUT2D eigenvalue weighted by Gasteiger charge is -2.24. The summed E-state index contributed by atoms with van der Waals surface area (Å²) in [6, 6.07) is 7.74. The normalized spacial score (nSPS) is 17.0. The van der Waals surface area contributed by atoms with Crippen LogP contribution in [0, 0.1) is 5.41 Å². The summed E-state index contributed by atoms with van der Waals surface area (Å²) in [6.45, 7) is 4.47. The Morgan fingerprint density at radius 1 is 1.24 bits per heavy atom. The van der Waals surface area contributed by atoms with Gasteiger partial charge in [0, 0.05) is 18.2 Å². The minimum Gasteiger partial charge on any atom is -0.467 e. The quantitative estimate of drug-likeness (QED) is 0.615. The van der Waals surface area contributed by atoms with Crippen molar-refractivity contribution in [3.8, 4) is 5.75 Å². The van der Waals surface area contributed by atoms with Gasteiger partial charge in [0.1, 0.15) is 5.75 Å². The number of methoxy groups -OCH3 is 2. The molecule has 1 aromatic carbocycles. The molecule has 1 aliphatic carbocycles. The first-order valence-electron chi connectivity index (χ1n) is 7.04. The highest BCUT2D eigenvalue weighted by molar-refractivity contribution is 6.00. The lowest BCUT2D eigenvalue weighted by Crippen LogP contribution is -2.13. The van der Waals surface area contributed by atoms with E-state index in [0.717, 1.165) is 35.3 Å². The molecule has 0 saturated heterocycles. The maximum atomic E-state index is 12.1. The number of rotatable bonds is 5. The van der Waals surface area contributed by atoms with Crippen LogP contribution in [0.25, 0.3) is 5.57 Å². The van der Waals surface area contributed by atoms with Crippen LogP contribution in [0.5, 0.6) is 5.75 Å². The second-order valence-corrected chi connectivity index (χ2v) is 5.78. The van der Waals surface area contributed by atoms with E-state index in [-0.39, 0.29) is 18.2 Å². The molecule has 0 unspecified atom stereocenters. The molecule has 0 atom stereocenters. The number of para-hydroxylation sites is 1. The van der Waals surface area contributed by atoms with E-state index in [4.69, 9.17) is 14.2 Å². The standard InChI is InChI=1S/C17H22O4/c1-17(2)10-9-13(16(18)20-4)15(17)12-7-5-6-8-14(12)21-11-19-3/h5-8H,9-11H2,1-4H3. The predicted octanol–water partition coefficient (Wildman–Crippen LogP) is 3.42. The number of allylic oxidation sites excluding steroid dienone is 1. The average molecular weight is 290 g/mol. The number of carbonyl (C=O) groups is 1. The van der Waals surface area contributed by atoms with Crippen molar-refractivity contribution in [2.45, 2.75) is 26.7 Å². The van der Waals surface area contributed by atoms with E-state index in [9.17, 15) is 4.79 Å². The molecule has 4 nitrogen and oxygen atoms in total. The van der Waals surface area contributed by atoms with Gasteiger partial charge in [0.25, 0.3) is 0 Å². The first-order valence-corrected chi connectivity index (χ1v) is 7.04. The molecule has 0 saturated carbocycles. The fourth-order valence-electron chi connectivity index (χ4n) is 2.87. The van der Waals surface area contributed by atoms with Crippen LogP contribution in [-0.4, -0.2) is 27.0 Å². The number of hydrogen-bond acceptors (Lipinski definition) is 4. The molecule has 0 heterocycles. The third-order valence-corrected chi connectivity index (χ3v) is 3.90. The molecule has 0 aliphatic heterocycles. The second-order valence-electron chi connectivity index (χ2n) is 5.78. The van der Waals surface area contributed by atoms with Gasteiger partial charge in [-0.05, 0) is 29.9 Å². The van der Waals surface area contributed by atoms with Crippen molar-refractivity contribution in [2.75, 3.05) is 21.0 Å². The van der Waals surface area contributed by atoms with Crippen molar-refractivity contribution in [1.29, 1.82) is 0 Å². The molecule has 2 rings (SSSR count). The van der Waals surface area contributed by atoms with E-state index in [0.29, 0.717) is 0 Å². The number of hydrogen-bond donors (Lipinski definition) is 0. The van der Waals surface area contributed by atoms with Crippen LogP contribution in [0.15, 0.2) is 29.8 Å². The van der Waals surface area contributed by atoms with Gasteiger partial charge >= 0.3 is 5.97 Å². The van der Waals surface area contributed by atoms with Crippen molar-refractivity contribution >= 4 is 11.5 Å². The third-order valence-electron chi connectivity index (χ3n) is 3.90. The van der Waals surface area contributed by atoms with E-state index in [1.807, 2.05) is 24.3 Å². The molecule has 0 spiro atoms. The van der Waals surface area contributed by atoms with Crippen LogP contribution < -0.4 is 4.74 Å². The largest absolute Gasteiger partial charge is 0.467 e. The molecule has 0 bridgehead atoms. The monoisotopic (exact) mass is 290 g/mol. The average Bonchev–Trinajstić information content (AvgIpc) is 2.80. The van der Waals surface area contributed by atoms with E-state index in [1.165, 1.54) is 7.11 Å². The Labute approximate surface area is 125 Å². The van der Waals surface area contributed by atoms with Crippen LogP contribution in [0.2, 0.25) is 0 Å². The van der Waals surface area contributed by atoms with Crippen molar-refractivity contribution in [2.24, 2.45) is 5.41 Å². The molecule has 1 aromatic rings. The van der Waals surface area contributed by atoms with Crippen molar-refractivity contribution < 1.29 is 19.0 Å². The van der Waals surface area contributed by atoms with Crippen LogP contribution in [-0.2, 0) is 14.3 Å². The maximum Gasteiger partial charge on any atom is 0.334 e. The van der Waals surface area contributed by atoms with Crippen LogP contribution in [0.3, 0.4) is 0 Å². The van der Waals surface area contributed by atoms with Gasteiger partial charge in [0.2, 0.25) is 0 Å². The number of esters is 1. The van der Waals surface area contributed by atoms with Gasteiger partial charge in [-0.3, -0.25) is 0 Å². The number of carbonyl (C=O) groups excluding carboxylic acids is 1. The fraction of sp³-hybridized carbons (Fsp3) is 0.471. The molecular weight excluding hydrogens is 268 g/mol. The van der Waals surface area contributed by atoms with Crippen LogP contribution in [0.1, 0.15) is 32.3 Å². The summed E-state index contributed by atoms with van der Waals surface area (Å²) in [6.07, 6.45) is 1.65. The molecule has 1 aliphatic rings. The summed E-state index contributed by atoms with van der Waals surface area (Å²) in [5.41, 5.74) is 2.62. The lowest BCUT2D eigenvalue weighted by atomic mass is 9.81. The summed E-state index contributed by atoms with van der Waals surface area (Å²) in [4.78, 5) is 12.1. The molecule has 0 N–H and O–H groups in total. The van der Waals surface area contributed by atoms with E-state index in [1.54, 1.807) is 7.11 Å². The Morgan fingerprint density at radius 3 is 2.62 bits per heavy atom. The Bertz CT molecular complexity index is 558. The van der Waals surface area contributed by atoms with Gasteiger partial charge in [-0.2, -0.15) is 0 Å². The molecular formula is C17H22O4. The van der Waals surface area contributed by atoms with E-state index in [2.05, 4.69) is 13.8 Å². The topological polar surface area (TPSA) is 44.8 Å². The highest BCUT2D eigenvalue weighted by Crippen LogP contribution is 2.50. The molecule has 0 radical (unpaired) electrons. The Hall–Kier alpha value is -1.81. The highest BCUT2D eigenvalue weighted by atomic mass is 16.7. The van der Waals surface area contributed by atoms with Crippen molar-refractivity contribution in [1.82, 2.24) is 0 Å². The third kappa shape index (κ3) is 3.10. The maximum absolute atomic E-state index is 12.1. The van der Waals surface area contributed by atoms with E-state index < -0.39 is 0 Å². The molecule has 21 heavy (non-hydrogen) atoms. The zero-order chi connectivity index (χ0) is 15.5. The van der Waals surface area contributed by atoms with Gasteiger partial charge in [0.15, 0.2) is 6.79 Å². The Morgan fingerprint density at radius 2 is 1.95 bits per heavy atom. The van der Waals surface area contributed by atoms with Gasteiger partial charge in [-0.15, -0.1) is 0 Å². The summed E-state index contributed by atoms with van der Waals surface area (Å²) in [7, 11) is 3.01. The van der Waals surface area contributed by atoms with Gasteiger partial charge in [0.05, 0.1) is 7.11 Å². The van der Waals surface area contributed by atoms with Gasteiger partial charge in [-0.25, -0.2) is 4.79 Å². The minimum atomic E-state index is -0.253. The second kappa shape index (κ2) is 6.31. The minimum absolute atomic E-state index is 0.0872. The van der Waals surface area contributed by atoms with Crippen LogP contribution in [0.4, 0.5) is 0 Å². The first-order chi connectivity index (χ1) is 10.0. The van der Waals surface area contributed by atoms with Crippen molar-refractivity contribution in [3.63, 3.8) is 0 Å². The smallest absolute Gasteiger partial charge is 0.334 e. The predicted molar refractivity (Wildman–Crippen MR) is 80.9 cm³/mol. The molecule has 114 valence electrons. The fourth-order valence-corrected chi connectivity index (χ4v) is 2.87. The number of benzene rings is 1. The summed E-state index contributed by atoms with van der Waals surface area (Å²) in [5.74, 6) is 0.475. The molecule has 0 amide bonds. The first kappa shape index (κ1) is 15.6. The molecule has 4 heteroatoms. The van der Waals surface area contributed by atoms with Gasteiger partial charge < -0.3 is 14.2 Å².